The van der Waals surface area contributed by atoms with Crippen LogP contribution in [0.1, 0.15) is 99.1 Å². The number of amides is 2. The molecule has 0 spiro atoms. The summed E-state index contributed by atoms with van der Waals surface area (Å²) in [4.78, 5) is 39.0. The molecule has 8 nitrogen and oxygen atoms in total. The average molecular weight is 643 g/mol. The van der Waals surface area contributed by atoms with Gasteiger partial charge >= 0.3 is 6.09 Å². The Morgan fingerprint density at radius 3 is 2.37 bits per heavy atom. The van der Waals surface area contributed by atoms with Crippen LogP contribution in [0.5, 0.6) is 5.75 Å². The molecule has 244 valence electrons. The second-order valence-corrected chi connectivity index (χ2v) is 15.3. The van der Waals surface area contributed by atoms with E-state index in [0.717, 1.165) is 60.5 Å². The number of hydrogen-bond donors (Lipinski definition) is 1. The van der Waals surface area contributed by atoms with Crippen LogP contribution >= 0.6 is 11.3 Å². The number of aryl methyl sites for hydroxylation is 1. The number of pyridine rings is 1. The van der Waals surface area contributed by atoms with E-state index in [-0.39, 0.29) is 28.8 Å². The fourth-order valence-electron chi connectivity index (χ4n) is 8.27. The fourth-order valence-corrected chi connectivity index (χ4v) is 9.35. The van der Waals surface area contributed by atoms with Gasteiger partial charge in [0.05, 0.1) is 17.0 Å². The number of methoxy groups -OCH3 is 1. The monoisotopic (exact) mass is 642 g/mol. The minimum atomic E-state index is -0.403. The molecule has 5 saturated carbocycles. The molecule has 5 fully saturated rings. The number of nitrogens with zero attached hydrogens (tertiary/aromatic N) is 3. The number of thiazole rings is 1. The highest BCUT2D eigenvalue weighted by molar-refractivity contribution is 7.15. The van der Waals surface area contributed by atoms with Crippen molar-refractivity contribution < 1.29 is 19.1 Å². The van der Waals surface area contributed by atoms with Crippen LogP contribution in [-0.4, -0.2) is 48.8 Å². The van der Waals surface area contributed by atoms with Gasteiger partial charge in [-0.2, -0.15) is 0 Å². The maximum atomic E-state index is 14.5. The summed E-state index contributed by atoms with van der Waals surface area (Å²) in [6.07, 6.45) is 15.3. The van der Waals surface area contributed by atoms with Crippen molar-refractivity contribution in [2.45, 2.75) is 101 Å². The smallest absolute Gasteiger partial charge is 0.407 e. The first-order chi connectivity index (χ1) is 22.3. The maximum absolute atomic E-state index is 14.5. The van der Waals surface area contributed by atoms with Gasteiger partial charge in [0.25, 0.3) is 0 Å². The molecule has 2 amide bonds. The summed E-state index contributed by atoms with van der Waals surface area (Å²) in [6.45, 7) is 2.83. The van der Waals surface area contributed by atoms with Crippen LogP contribution in [0, 0.1) is 18.3 Å². The number of ether oxygens (including phenoxy) is 2. The van der Waals surface area contributed by atoms with Crippen LogP contribution in [0.25, 0.3) is 10.4 Å². The van der Waals surface area contributed by atoms with Crippen LogP contribution in [0.4, 0.5) is 10.6 Å². The number of carbonyl (C=O) groups excluding carboxylic acids is 2. The van der Waals surface area contributed by atoms with Gasteiger partial charge in [-0.25, -0.2) is 14.8 Å². The predicted molar refractivity (Wildman–Crippen MR) is 181 cm³/mol. The molecule has 2 bridgehead atoms. The van der Waals surface area contributed by atoms with E-state index in [0.29, 0.717) is 38.1 Å². The summed E-state index contributed by atoms with van der Waals surface area (Å²) in [5.74, 6) is 2.36. The summed E-state index contributed by atoms with van der Waals surface area (Å²) < 4.78 is 11.1. The maximum Gasteiger partial charge on any atom is 0.407 e. The first kappa shape index (κ1) is 31.2. The lowest BCUT2D eigenvalue weighted by Gasteiger charge is -2.55. The number of aromatic nitrogens is 2. The van der Waals surface area contributed by atoms with Crippen molar-refractivity contribution in [3.63, 3.8) is 0 Å². The molecule has 0 unspecified atom stereocenters. The van der Waals surface area contributed by atoms with E-state index in [1.54, 1.807) is 25.5 Å². The molecule has 2 aromatic heterocycles. The minimum Gasteiger partial charge on any atom is -0.496 e. The molecule has 0 radical (unpaired) electrons. The van der Waals surface area contributed by atoms with Gasteiger partial charge in [-0.05, 0) is 130 Å². The van der Waals surface area contributed by atoms with Gasteiger partial charge in [0.2, 0.25) is 5.91 Å². The summed E-state index contributed by atoms with van der Waals surface area (Å²) in [6, 6.07) is 10.9. The highest BCUT2D eigenvalue weighted by atomic mass is 32.1. The molecular formula is C37H46N4O4S. The Kier molecular flexibility index (Phi) is 8.55. The lowest BCUT2D eigenvalue weighted by atomic mass is 9.51. The van der Waals surface area contributed by atoms with Crippen molar-refractivity contribution >= 4 is 29.2 Å². The van der Waals surface area contributed by atoms with Crippen LogP contribution in [0.15, 0.2) is 42.7 Å². The third-order valence-electron chi connectivity index (χ3n) is 11.4. The van der Waals surface area contributed by atoms with Crippen LogP contribution in [0.3, 0.4) is 0 Å². The number of anilines is 1. The topological polar surface area (TPSA) is 93.7 Å². The first-order valence-electron chi connectivity index (χ1n) is 17.1. The van der Waals surface area contributed by atoms with Gasteiger partial charge < -0.3 is 14.8 Å². The largest absolute Gasteiger partial charge is 0.496 e. The second kappa shape index (κ2) is 12.6. The molecule has 2 heterocycles. The number of nitrogens with one attached hydrogen (secondary N) is 1. The lowest BCUT2D eigenvalue weighted by Crippen LogP contribution is -2.52. The third kappa shape index (κ3) is 6.15. The van der Waals surface area contributed by atoms with Gasteiger partial charge in [0.15, 0.2) is 0 Å². The normalized spacial score (nSPS) is 27.2. The quantitative estimate of drug-likeness (QED) is 0.255. The summed E-state index contributed by atoms with van der Waals surface area (Å²) in [5.41, 5.74) is 4.00. The Morgan fingerprint density at radius 2 is 1.72 bits per heavy atom. The van der Waals surface area contributed by atoms with Crippen LogP contribution in [0.2, 0.25) is 0 Å². The number of benzene rings is 1. The summed E-state index contributed by atoms with van der Waals surface area (Å²) in [5, 5.41) is 3.76. The standard InChI is InChI=1S/C37H46N4O4S/c1-24-20-28(8-11-30(24)44-3)37-16-13-36(14-17-37,15-18-37)23-41(34(42)26-6-9-29(10-7-26)45-35(43)38-2)32-21-27(12-19-39-32)31-22-40-33(46-31)25-4-5-25/h8,11-12,19-22,25-26,29H,4-7,9-10,13-18,23H2,1-3H3,(H,38,43)/t26-,29-,36?,37?. The highest BCUT2D eigenvalue weighted by Crippen LogP contribution is 2.58. The Hall–Kier alpha value is -3.46. The molecule has 0 saturated heterocycles. The van der Waals surface area contributed by atoms with Gasteiger partial charge in [-0.15, -0.1) is 11.3 Å². The number of fused-ring (bicyclic) bond motifs is 3. The van der Waals surface area contributed by atoms with Gasteiger partial charge in [0.1, 0.15) is 17.7 Å². The molecule has 0 aliphatic heterocycles. The first-order valence-corrected chi connectivity index (χ1v) is 17.9. The van der Waals surface area contributed by atoms with Crippen molar-refractivity contribution in [2.24, 2.45) is 11.3 Å². The van der Waals surface area contributed by atoms with E-state index in [2.05, 4.69) is 36.5 Å². The Balaban J connectivity index is 1.12. The zero-order valence-corrected chi connectivity index (χ0v) is 28.2. The van der Waals surface area contributed by atoms with E-state index in [9.17, 15) is 9.59 Å². The zero-order chi connectivity index (χ0) is 31.9. The van der Waals surface area contributed by atoms with Crippen LogP contribution < -0.4 is 15.0 Å². The van der Waals surface area contributed by atoms with Gasteiger partial charge in [0, 0.05) is 37.8 Å². The SMILES string of the molecule is CNC(=O)O[C@H]1CC[C@H](C(=O)N(CC23CCC(c4ccc(OC)c(C)c4)(CC2)CC3)c2cc(-c3cnc(C4CC4)s3)ccn2)CC1. The molecular weight excluding hydrogens is 596 g/mol. The van der Waals surface area contributed by atoms with Crippen molar-refractivity contribution in [1.82, 2.24) is 15.3 Å². The lowest BCUT2D eigenvalue weighted by molar-refractivity contribution is -0.124. The molecule has 3 aromatic rings. The van der Waals surface area contributed by atoms with E-state index in [1.807, 2.05) is 23.4 Å². The second-order valence-electron chi connectivity index (χ2n) is 14.3. The number of carbonyl (C=O) groups is 2. The van der Waals surface area contributed by atoms with Gasteiger partial charge in [-0.3, -0.25) is 9.69 Å². The molecule has 5 aliphatic carbocycles. The minimum absolute atomic E-state index is 0.0831. The average Bonchev–Trinajstić information content (AvgIpc) is 3.83. The molecule has 0 atom stereocenters. The van der Waals surface area contributed by atoms with Gasteiger partial charge in [-0.1, -0.05) is 12.1 Å². The highest BCUT2D eigenvalue weighted by Gasteiger charge is 2.51. The Morgan fingerprint density at radius 1 is 0.978 bits per heavy atom. The molecule has 8 rings (SSSR count). The Labute approximate surface area is 276 Å². The molecule has 1 N–H and O–H groups in total. The van der Waals surface area contributed by atoms with Crippen molar-refractivity contribution in [1.29, 1.82) is 0 Å². The molecule has 9 heteroatoms. The van der Waals surface area contributed by atoms with E-state index >= 15 is 0 Å². The third-order valence-corrected chi connectivity index (χ3v) is 12.6. The van der Waals surface area contributed by atoms with Crippen molar-refractivity contribution in [3.05, 3.63) is 58.9 Å². The summed E-state index contributed by atoms with van der Waals surface area (Å²) >= 11 is 1.77. The Bertz CT molecular complexity index is 1570. The van der Waals surface area contributed by atoms with Crippen molar-refractivity contribution in [3.8, 4) is 16.2 Å². The van der Waals surface area contributed by atoms with Crippen LogP contribution in [-0.2, 0) is 14.9 Å². The number of alkyl carbamates (subject to hydrolysis) is 1. The van der Waals surface area contributed by atoms with E-state index in [4.69, 9.17) is 19.4 Å². The number of rotatable bonds is 9. The molecule has 5 aliphatic rings. The van der Waals surface area contributed by atoms with E-state index in [1.165, 1.54) is 29.0 Å². The fraction of sp³-hybridized carbons (Fsp3) is 0.568. The zero-order valence-electron chi connectivity index (χ0n) is 27.3. The predicted octanol–water partition coefficient (Wildman–Crippen LogP) is 7.94. The van der Waals surface area contributed by atoms with Crippen molar-refractivity contribution in [2.75, 3.05) is 25.6 Å². The molecule has 1 aromatic carbocycles. The molecule has 46 heavy (non-hydrogen) atoms. The summed E-state index contributed by atoms with van der Waals surface area (Å²) in [7, 11) is 3.31. The van der Waals surface area contributed by atoms with E-state index < -0.39 is 6.09 Å². The number of hydrogen-bond acceptors (Lipinski definition) is 7.